The molecule has 0 aliphatic heterocycles. The van der Waals surface area contributed by atoms with Gasteiger partial charge in [-0.1, -0.05) is 29.8 Å². The molecule has 0 aromatic heterocycles. The van der Waals surface area contributed by atoms with Gasteiger partial charge in [-0.3, -0.25) is 8.98 Å². The van der Waals surface area contributed by atoms with Crippen LogP contribution in [0.25, 0.3) is 0 Å². The lowest BCUT2D eigenvalue weighted by atomic mass is 9.94. The number of rotatable bonds is 7. The van der Waals surface area contributed by atoms with Crippen LogP contribution < -0.4 is 0 Å². The zero-order valence-electron chi connectivity index (χ0n) is 15.1. The number of aryl methyl sites for hydroxylation is 1. The summed E-state index contributed by atoms with van der Waals surface area (Å²) >= 11 is 0. The molecule has 0 spiro atoms. The molecule has 2 aromatic rings. The van der Waals surface area contributed by atoms with E-state index in [-0.39, 0.29) is 24.0 Å². The summed E-state index contributed by atoms with van der Waals surface area (Å²) in [6, 6.07) is 12.4. The molecule has 0 amide bonds. The maximum absolute atomic E-state index is 13.7. The second kappa shape index (κ2) is 7.40. The Morgan fingerprint density at radius 3 is 2.56 bits per heavy atom. The minimum absolute atomic E-state index is 0.0691. The summed E-state index contributed by atoms with van der Waals surface area (Å²) in [4.78, 5) is 11.2. The van der Waals surface area contributed by atoms with Gasteiger partial charge in [0.2, 0.25) is 0 Å². The van der Waals surface area contributed by atoms with E-state index in [1.807, 2.05) is 6.92 Å². The number of benzene rings is 2. The molecular weight excluding hydrogens is 371 g/mol. The van der Waals surface area contributed by atoms with Crippen LogP contribution in [0.15, 0.2) is 53.4 Å². The van der Waals surface area contributed by atoms with E-state index >= 15 is 0 Å². The van der Waals surface area contributed by atoms with Crippen LogP contribution in [0.5, 0.6) is 0 Å². The predicted molar refractivity (Wildman–Crippen MR) is 97.1 cm³/mol. The first-order valence-corrected chi connectivity index (χ1v) is 9.99. The highest BCUT2D eigenvalue weighted by Crippen LogP contribution is 2.55. The molecule has 0 bridgehead atoms. The van der Waals surface area contributed by atoms with Crippen molar-refractivity contribution in [1.29, 1.82) is 0 Å². The first-order valence-electron chi connectivity index (χ1n) is 8.58. The van der Waals surface area contributed by atoms with E-state index in [4.69, 9.17) is 8.92 Å². The van der Waals surface area contributed by atoms with Crippen LogP contribution in [0.1, 0.15) is 24.5 Å². The zero-order valence-corrected chi connectivity index (χ0v) is 16.0. The second-order valence-corrected chi connectivity index (χ2v) is 8.51. The van der Waals surface area contributed by atoms with Gasteiger partial charge < -0.3 is 4.74 Å². The Bertz CT molecular complexity index is 939. The standard InChI is InChI=1S/C20H21FO5S/c1-14-6-8-19(9-7-14)27(23,24)26-13-20(11-17(20)12-25-15(2)22)16-4-3-5-18(21)10-16/h3-10,17H,11-13H2,1-2H3/t17-,20+/m1/s1. The fourth-order valence-corrected chi connectivity index (χ4v) is 4.16. The maximum Gasteiger partial charge on any atom is 0.302 e. The molecule has 0 heterocycles. The third kappa shape index (κ3) is 4.36. The molecule has 0 saturated heterocycles. The van der Waals surface area contributed by atoms with E-state index in [0.717, 1.165) is 5.56 Å². The molecule has 27 heavy (non-hydrogen) atoms. The largest absolute Gasteiger partial charge is 0.466 e. The Balaban J connectivity index is 1.80. The van der Waals surface area contributed by atoms with Gasteiger partial charge in [0.05, 0.1) is 18.1 Å². The maximum atomic E-state index is 13.7. The van der Waals surface area contributed by atoms with Gasteiger partial charge in [-0.15, -0.1) is 0 Å². The number of hydrogen-bond acceptors (Lipinski definition) is 5. The average molecular weight is 392 g/mol. The van der Waals surface area contributed by atoms with Crippen LogP contribution in [-0.4, -0.2) is 27.6 Å². The predicted octanol–water partition coefficient (Wildman–Crippen LogP) is 3.36. The van der Waals surface area contributed by atoms with Crippen molar-refractivity contribution in [1.82, 2.24) is 0 Å². The molecule has 1 fully saturated rings. The molecule has 0 unspecified atom stereocenters. The molecule has 0 N–H and O–H groups in total. The van der Waals surface area contributed by atoms with Crippen molar-refractivity contribution in [3.8, 4) is 0 Å². The van der Waals surface area contributed by atoms with Crippen LogP contribution in [0.4, 0.5) is 4.39 Å². The molecule has 1 aliphatic carbocycles. The van der Waals surface area contributed by atoms with Gasteiger partial charge in [0, 0.05) is 18.3 Å². The fraction of sp³-hybridized carbons (Fsp3) is 0.350. The molecule has 1 saturated carbocycles. The molecular formula is C20H21FO5S. The highest BCUT2D eigenvalue weighted by Gasteiger charge is 2.56. The summed E-state index contributed by atoms with van der Waals surface area (Å²) in [5, 5.41) is 0. The summed E-state index contributed by atoms with van der Waals surface area (Å²) in [5.41, 5.74) is 0.877. The minimum Gasteiger partial charge on any atom is -0.466 e. The third-order valence-corrected chi connectivity index (χ3v) is 6.18. The number of carbonyl (C=O) groups is 1. The van der Waals surface area contributed by atoms with Crippen LogP contribution in [0.2, 0.25) is 0 Å². The van der Waals surface area contributed by atoms with Gasteiger partial charge in [0.25, 0.3) is 10.1 Å². The van der Waals surface area contributed by atoms with E-state index in [1.165, 1.54) is 31.2 Å². The smallest absolute Gasteiger partial charge is 0.302 e. The van der Waals surface area contributed by atoms with Crippen LogP contribution in [0, 0.1) is 18.7 Å². The van der Waals surface area contributed by atoms with E-state index in [1.54, 1.807) is 24.3 Å². The Labute approximate surface area is 158 Å². The Kier molecular flexibility index (Phi) is 5.35. The van der Waals surface area contributed by atoms with Crippen LogP contribution in [-0.2, 0) is 29.2 Å². The van der Waals surface area contributed by atoms with E-state index in [9.17, 15) is 17.6 Å². The number of ether oxygens (including phenoxy) is 1. The second-order valence-electron chi connectivity index (χ2n) is 6.90. The number of carbonyl (C=O) groups excluding carboxylic acids is 1. The van der Waals surface area contributed by atoms with Gasteiger partial charge in [0.1, 0.15) is 5.82 Å². The van der Waals surface area contributed by atoms with Gasteiger partial charge in [-0.05, 0) is 43.2 Å². The number of halogens is 1. The summed E-state index contributed by atoms with van der Waals surface area (Å²) in [6.45, 7) is 3.17. The summed E-state index contributed by atoms with van der Waals surface area (Å²) < 4.78 is 49.1. The van der Waals surface area contributed by atoms with Gasteiger partial charge in [-0.2, -0.15) is 8.42 Å². The molecule has 7 heteroatoms. The highest BCUT2D eigenvalue weighted by molar-refractivity contribution is 7.86. The van der Waals surface area contributed by atoms with Crippen molar-refractivity contribution in [2.45, 2.75) is 30.6 Å². The van der Waals surface area contributed by atoms with Crippen molar-refractivity contribution in [3.63, 3.8) is 0 Å². The third-order valence-electron chi connectivity index (χ3n) is 4.90. The Morgan fingerprint density at radius 1 is 1.22 bits per heavy atom. The summed E-state index contributed by atoms with van der Waals surface area (Å²) in [7, 11) is -3.94. The quantitative estimate of drug-likeness (QED) is 0.534. The van der Waals surface area contributed by atoms with E-state index < -0.39 is 27.3 Å². The molecule has 2 atom stereocenters. The fourth-order valence-electron chi connectivity index (χ4n) is 3.18. The van der Waals surface area contributed by atoms with Crippen LogP contribution >= 0.6 is 0 Å². The molecule has 2 aromatic carbocycles. The number of esters is 1. The lowest BCUT2D eigenvalue weighted by Crippen LogP contribution is -2.23. The van der Waals surface area contributed by atoms with Crippen LogP contribution in [0.3, 0.4) is 0 Å². The lowest BCUT2D eigenvalue weighted by molar-refractivity contribution is -0.141. The van der Waals surface area contributed by atoms with Crippen molar-refractivity contribution in [2.24, 2.45) is 5.92 Å². The van der Waals surface area contributed by atoms with Gasteiger partial charge >= 0.3 is 5.97 Å². The SMILES string of the molecule is CC(=O)OC[C@H]1C[C@]1(COS(=O)(=O)c1ccc(C)cc1)c1cccc(F)c1. The molecule has 144 valence electrons. The van der Waals surface area contributed by atoms with Crippen molar-refractivity contribution in [2.75, 3.05) is 13.2 Å². The minimum atomic E-state index is -3.94. The van der Waals surface area contributed by atoms with Crippen molar-refractivity contribution in [3.05, 3.63) is 65.5 Å². The molecule has 3 rings (SSSR count). The zero-order chi connectivity index (χ0) is 19.7. The van der Waals surface area contributed by atoms with Crippen molar-refractivity contribution < 1.29 is 26.5 Å². The summed E-state index contributed by atoms with van der Waals surface area (Å²) in [5.74, 6) is -0.953. The lowest BCUT2D eigenvalue weighted by Gasteiger charge is -2.18. The first kappa shape index (κ1) is 19.5. The van der Waals surface area contributed by atoms with E-state index in [2.05, 4.69) is 0 Å². The van der Waals surface area contributed by atoms with Gasteiger partial charge in [-0.25, -0.2) is 4.39 Å². The summed E-state index contributed by atoms with van der Waals surface area (Å²) in [6.07, 6.45) is 0.549. The van der Waals surface area contributed by atoms with Gasteiger partial charge in [0.15, 0.2) is 0 Å². The normalized spacial score (nSPS) is 21.7. The van der Waals surface area contributed by atoms with Crippen molar-refractivity contribution >= 4 is 16.1 Å². The molecule has 5 nitrogen and oxygen atoms in total. The first-order chi connectivity index (χ1) is 12.7. The molecule has 1 aliphatic rings. The highest BCUT2D eigenvalue weighted by atomic mass is 32.2. The Hall–Kier alpha value is -2.25. The number of hydrogen-bond donors (Lipinski definition) is 0. The topological polar surface area (TPSA) is 69.7 Å². The van der Waals surface area contributed by atoms with E-state index in [0.29, 0.717) is 12.0 Å². The average Bonchev–Trinajstić information content (AvgIpc) is 3.33. The Morgan fingerprint density at radius 2 is 1.93 bits per heavy atom. The molecule has 0 radical (unpaired) electrons. The monoisotopic (exact) mass is 392 g/mol.